The minimum atomic E-state index is -0.548. The van der Waals surface area contributed by atoms with Gasteiger partial charge < -0.3 is 18.9 Å². The van der Waals surface area contributed by atoms with E-state index in [-0.39, 0.29) is 11.7 Å². The van der Waals surface area contributed by atoms with Gasteiger partial charge in [-0.1, -0.05) is 0 Å². The fraction of sp³-hybridized carbons (Fsp3) is 0.125. The summed E-state index contributed by atoms with van der Waals surface area (Å²) in [7, 11) is 4.57. The van der Waals surface area contributed by atoms with Gasteiger partial charge in [0.25, 0.3) is 5.91 Å². The molecule has 164 valence electrons. The van der Waals surface area contributed by atoms with Gasteiger partial charge in [0, 0.05) is 5.56 Å². The number of hydrogen-bond acceptors (Lipinski definition) is 7. The SMILES string of the molecule is COc1ccc(C(=O)N/N=C/c2ccc(OC)c(OC(=O)c3ccc(OC)cc3)c2)cc1. The van der Waals surface area contributed by atoms with Gasteiger partial charge >= 0.3 is 5.97 Å². The average molecular weight is 434 g/mol. The number of benzene rings is 3. The Labute approximate surface area is 185 Å². The van der Waals surface area contributed by atoms with E-state index in [1.54, 1.807) is 80.9 Å². The van der Waals surface area contributed by atoms with Crippen LogP contribution in [0.25, 0.3) is 0 Å². The molecule has 3 aromatic carbocycles. The maximum absolute atomic E-state index is 12.5. The lowest BCUT2D eigenvalue weighted by atomic mass is 10.2. The van der Waals surface area contributed by atoms with Crippen molar-refractivity contribution in [1.82, 2.24) is 5.43 Å². The highest BCUT2D eigenvalue weighted by Gasteiger charge is 2.13. The fourth-order valence-corrected chi connectivity index (χ4v) is 2.71. The molecule has 3 aromatic rings. The Morgan fingerprint density at radius 2 is 1.34 bits per heavy atom. The minimum Gasteiger partial charge on any atom is -0.497 e. The minimum absolute atomic E-state index is 0.221. The van der Waals surface area contributed by atoms with Crippen LogP contribution in [0.4, 0.5) is 0 Å². The van der Waals surface area contributed by atoms with E-state index in [1.807, 2.05) is 0 Å². The van der Waals surface area contributed by atoms with E-state index in [0.29, 0.717) is 33.9 Å². The predicted molar refractivity (Wildman–Crippen MR) is 119 cm³/mol. The molecule has 8 nitrogen and oxygen atoms in total. The van der Waals surface area contributed by atoms with Crippen LogP contribution < -0.4 is 24.4 Å². The predicted octanol–water partition coefficient (Wildman–Crippen LogP) is 3.70. The molecule has 0 fully saturated rings. The highest BCUT2D eigenvalue weighted by Crippen LogP contribution is 2.28. The fourth-order valence-electron chi connectivity index (χ4n) is 2.71. The molecule has 0 bridgehead atoms. The van der Waals surface area contributed by atoms with E-state index in [9.17, 15) is 9.59 Å². The van der Waals surface area contributed by atoms with E-state index in [0.717, 1.165) is 0 Å². The van der Waals surface area contributed by atoms with Crippen LogP contribution in [0, 0.1) is 0 Å². The Hall–Kier alpha value is -4.33. The summed E-state index contributed by atoms with van der Waals surface area (Å²) in [5.74, 6) is 0.968. The Morgan fingerprint density at radius 3 is 1.91 bits per heavy atom. The zero-order chi connectivity index (χ0) is 22.9. The summed E-state index contributed by atoms with van der Waals surface area (Å²) in [4.78, 5) is 24.7. The van der Waals surface area contributed by atoms with Gasteiger partial charge in [0.2, 0.25) is 0 Å². The molecule has 8 heteroatoms. The summed E-state index contributed by atoms with van der Waals surface area (Å²) in [5, 5.41) is 3.96. The van der Waals surface area contributed by atoms with Crippen LogP contribution in [0.15, 0.2) is 71.8 Å². The summed E-state index contributed by atoms with van der Waals surface area (Å²) < 4.78 is 20.9. The summed E-state index contributed by atoms with van der Waals surface area (Å²) in [6.07, 6.45) is 1.44. The van der Waals surface area contributed by atoms with Crippen molar-refractivity contribution in [3.8, 4) is 23.0 Å². The van der Waals surface area contributed by atoms with Crippen molar-refractivity contribution in [3.05, 3.63) is 83.4 Å². The number of hydrogen-bond donors (Lipinski definition) is 1. The number of amides is 1. The number of rotatable bonds is 8. The third-order valence-corrected chi connectivity index (χ3v) is 4.45. The number of hydrazone groups is 1. The zero-order valence-electron chi connectivity index (χ0n) is 17.8. The van der Waals surface area contributed by atoms with Crippen molar-refractivity contribution in [2.75, 3.05) is 21.3 Å². The second-order valence-corrected chi connectivity index (χ2v) is 6.46. The van der Waals surface area contributed by atoms with E-state index < -0.39 is 5.97 Å². The topological polar surface area (TPSA) is 95.5 Å². The van der Waals surface area contributed by atoms with E-state index in [2.05, 4.69) is 10.5 Å². The monoisotopic (exact) mass is 434 g/mol. The molecule has 1 N–H and O–H groups in total. The number of nitrogens with zero attached hydrogens (tertiary/aromatic N) is 1. The summed E-state index contributed by atoms with van der Waals surface area (Å²) in [5.41, 5.74) is 3.84. The van der Waals surface area contributed by atoms with E-state index in [4.69, 9.17) is 18.9 Å². The van der Waals surface area contributed by atoms with Gasteiger partial charge in [0.1, 0.15) is 11.5 Å². The number of esters is 1. The van der Waals surface area contributed by atoms with Gasteiger partial charge in [-0.3, -0.25) is 4.79 Å². The number of ether oxygens (including phenoxy) is 4. The molecule has 0 aromatic heterocycles. The Morgan fingerprint density at radius 1 is 0.750 bits per heavy atom. The van der Waals surface area contributed by atoms with Crippen LogP contribution >= 0.6 is 0 Å². The lowest BCUT2D eigenvalue weighted by Crippen LogP contribution is -2.17. The van der Waals surface area contributed by atoms with Gasteiger partial charge in [-0.2, -0.15) is 5.10 Å². The first kappa shape index (κ1) is 22.4. The van der Waals surface area contributed by atoms with Crippen molar-refractivity contribution < 1.29 is 28.5 Å². The highest BCUT2D eigenvalue weighted by atomic mass is 16.6. The molecule has 0 aliphatic rings. The molecular formula is C24H22N2O6. The number of carbonyl (C=O) groups is 2. The van der Waals surface area contributed by atoms with E-state index in [1.165, 1.54) is 13.3 Å². The Balaban J connectivity index is 1.69. The summed E-state index contributed by atoms with van der Waals surface area (Å²) in [6, 6.07) is 18.1. The molecule has 1 amide bonds. The van der Waals surface area contributed by atoms with Gasteiger partial charge in [-0.05, 0) is 72.3 Å². The normalized spacial score (nSPS) is 10.5. The summed E-state index contributed by atoms with van der Waals surface area (Å²) >= 11 is 0. The van der Waals surface area contributed by atoms with Crippen molar-refractivity contribution >= 4 is 18.1 Å². The number of methoxy groups -OCH3 is 3. The van der Waals surface area contributed by atoms with Crippen LogP contribution in [0.1, 0.15) is 26.3 Å². The van der Waals surface area contributed by atoms with Crippen LogP contribution in [0.5, 0.6) is 23.0 Å². The molecule has 0 unspecified atom stereocenters. The third-order valence-electron chi connectivity index (χ3n) is 4.45. The maximum atomic E-state index is 12.5. The molecule has 0 aliphatic heterocycles. The molecule has 0 saturated carbocycles. The second kappa shape index (κ2) is 10.6. The smallest absolute Gasteiger partial charge is 0.343 e. The molecule has 0 spiro atoms. The van der Waals surface area contributed by atoms with Crippen LogP contribution in [-0.2, 0) is 0 Å². The molecular weight excluding hydrogens is 412 g/mol. The third kappa shape index (κ3) is 5.63. The van der Waals surface area contributed by atoms with Gasteiger partial charge in [0.15, 0.2) is 11.5 Å². The Kier molecular flexibility index (Phi) is 7.42. The number of nitrogens with one attached hydrogen (secondary N) is 1. The van der Waals surface area contributed by atoms with Crippen molar-refractivity contribution in [3.63, 3.8) is 0 Å². The first-order chi connectivity index (χ1) is 15.5. The molecule has 0 radical (unpaired) electrons. The van der Waals surface area contributed by atoms with Crippen molar-refractivity contribution in [2.45, 2.75) is 0 Å². The molecule has 0 aliphatic carbocycles. The van der Waals surface area contributed by atoms with Crippen LogP contribution in [0.3, 0.4) is 0 Å². The Bertz CT molecular complexity index is 1110. The average Bonchev–Trinajstić information content (AvgIpc) is 2.84. The van der Waals surface area contributed by atoms with Gasteiger partial charge in [0.05, 0.1) is 33.1 Å². The first-order valence-corrected chi connectivity index (χ1v) is 9.55. The van der Waals surface area contributed by atoms with Gasteiger partial charge in [-0.15, -0.1) is 0 Å². The van der Waals surface area contributed by atoms with E-state index >= 15 is 0 Å². The lowest BCUT2D eigenvalue weighted by Gasteiger charge is -2.10. The summed E-state index contributed by atoms with van der Waals surface area (Å²) in [6.45, 7) is 0. The van der Waals surface area contributed by atoms with Crippen LogP contribution in [-0.4, -0.2) is 39.4 Å². The molecule has 3 rings (SSSR count). The van der Waals surface area contributed by atoms with Crippen molar-refractivity contribution in [1.29, 1.82) is 0 Å². The zero-order valence-corrected chi connectivity index (χ0v) is 17.8. The van der Waals surface area contributed by atoms with Crippen LogP contribution in [0.2, 0.25) is 0 Å². The van der Waals surface area contributed by atoms with Gasteiger partial charge in [-0.25, -0.2) is 10.2 Å². The first-order valence-electron chi connectivity index (χ1n) is 9.55. The lowest BCUT2D eigenvalue weighted by molar-refractivity contribution is 0.0729. The maximum Gasteiger partial charge on any atom is 0.343 e. The standard InChI is InChI=1S/C24H22N2O6/c1-29-19-9-5-17(6-10-19)23(27)26-25-15-16-4-13-21(31-3)22(14-16)32-24(28)18-7-11-20(30-2)12-8-18/h4-15H,1-3H3,(H,26,27)/b25-15+. The molecule has 32 heavy (non-hydrogen) atoms. The largest absolute Gasteiger partial charge is 0.497 e. The quantitative estimate of drug-likeness (QED) is 0.251. The second-order valence-electron chi connectivity index (χ2n) is 6.46. The van der Waals surface area contributed by atoms with Crippen molar-refractivity contribution in [2.24, 2.45) is 5.10 Å². The number of carbonyl (C=O) groups excluding carboxylic acids is 2. The molecule has 0 saturated heterocycles. The molecule has 0 atom stereocenters. The highest BCUT2D eigenvalue weighted by molar-refractivity contribution is 5.95. The molecule has 0 heterocycles.